The number of esters is 1. The lowest BCUT2D eigenvalue weighted by Gasteiger charge is -2.19. The maximum Gasteiger partial charge on any atom is 0.328 e. The molecule has 1 atom stereocenters. The monoisotopic (exact) mass is 207 g/mol. The van der Waals surface area contributed by atoms with Crippen molar-refractivity contribution in [2.24, 2.45) is 0 Å². The van der Waals surface area contributed by atoms with Crippen molar-refractivity contribution in [1.82, 2.24) is 4.90 Å². The maximum absolute atomic E-state index is 12.9. The van der Waals surface area contributed by atoms with Gasteiger partial charge in [0.15, 0.2) is 0 Å². The van der Waals surface area contributed by atoms with E-state index >= 15 is 0 Å². The fraction of sp³-hybridized carbons (Fsp3) is 0.750. The van der Waals surface area contributed by atoms with Crippen LogP contribution in [0.3, 0.4) is 0 Å². The van der Waals surface area contributed by atoms with Crippen LogP contribution in [0.1, 0.15) is 13.3 Å². The molecule has 0 saturated carbocycles. The van der Waals surface area contributed by atoms with Crippen LogP contribution in [-0.4, -0.2) is 42.4 Å². The average molecular weight is 207 g/mol. The van der Waals surface area contributed by atoms with Crippen LogP contribution in [0.25, 0.3) is 0 Å². The zero-order valence-corrected chi connectivity index (χ0v) is 7.92. The van der Waals surface area contributed by atoms with Gasteiger partial charge in [0.2, 0.25) is 5.91 Å². The highest BCUT2D eigenvalue weighted by molar-refractivity contribution is 5.84. The van der Waals surface area contributed by atoms with Gasteiger partial charge < -0.3 is 9.64 Å². The normalized spacial score (nSPS) is 24.9. The number of nitrogens with zero attached hydrogens (tertiary/aromatic N) is 1. The summed E-state index contributed by atoms with van der Waals surface area (Å²) in [6, 6.07) is -1.15. The molecule has 0 radical (unpaired) electrons. The number of amides is 1. The van der Waals surface area contributed by atoms with Crippen LogP contribution in [0, 0.1) is 0 Å². The summed E-state index contributed by atoms with van der Waals surface area (Å²) in [6.45, 7) is 0.444. The van der Waals surface area contributed by atoms with Crippen molar-refractivity contribution < 1.29 is 23.1 Å². The summed E-state index contributed by atoms with van der Waals surface area (Å²) in [5.74, 6) is -4.33. The molecule has 1 aliphatic heterocycles. The van der Waals surface area contributed by atoms with Gasteiger partial charge in [0, 0.05) is 13.3 Å². The molecule has 4 nitrogen and oxygen atoms in total. The maximum atomic E-state index is 12.9. The molecular weight excluding hydrogens is 196 g/mol. The zero-order chi connectivity index (χ0) is 10.9. The quantitative estimate of drug-likeness (QED) is 0.585. The Balaban J connectivity index is 2.83. The lowest BCUT2D eigenvalue weighted by molar-refractivity contribution is -0.150. The van der Waals surface area contributed by atoms with E-state index in [0.29, 0.717) is 0 Å². The van der Waals surface area contributed by atoms with Gasteiger partial charge >= 0.3 is 5.97 Å². The Morgan fingerprint density at radius 2 is 2.07 bits per heavy atom. The van der Waals surface area contributed by atoms with Gasteiger partial charge in [-0.1, -0.05) is 0 Å². The number of carbonyl (C=O) groups is 2. The van der Waals surface area contributed by atoms with Gasteiger partial charge in [0.1, 0.15) is 6.04 Å². The van der Waals surface area contributed by atoms with Gasteiger partial charge in [-0.2, -0.15) is 0 Å². The van der Waals surface area contributed by atoms with E-state index in [9.17, 15) is 18.4 Å². The molecule has 1 fully saturated rings. The summed E-state index contributed by atoms with van der Waals surface area (Å²) in [6.07, 6.45) is -0.654. The van der Waals surface area contributed by atoms with Crippen LogP contribution < -0.4 is 0 Å². The Bertz CT molecular complexity index is 267. The highest BCUT2D eigenvalue weighted by atomic mass is 19.3. The van der Waals surface area contributed by atoms with Crippen molar-refractivity contribution in [3.05, 3.63) is 0 Å². The summed E-state index contributed by atoms with van der Waals surface area (Å²) in [4.78, 5) is 22.9. The van der Waals surface area contributed by atoms with Gasteiger partial charge in [0.25, 0.3) is 5.92 Å². The van der Waals surface area contributed by atoms with Crippen molar-refractivity contribution in [3.63, 3.8) is 0 Å². The van der Waals surface area contributed by atoms with Crippen LogP contribution >= 0.6 is 0 Å². The molecule has 1 saturated heterocycles. The minimum absolute atomic E-state index is 0.544. The first-order valence-corrected chi connectivity index (χ1v) is 4.10. The molecule has 0 aromatic rings. The molecule has 0 aliphatic carbocycles. The van der Waals surface area contributed by atoms with Gasteiger partial charge in [-0.05, 0) is 0 Å². The number of ether oxygens (including phenoxy) is 1. The summed E-state index contributed by atoms with van der Waals surface area (Å²) in [5.41, 5.74) is 0. The fourth-order valence-corrected chi connectivity index (χ4v) is 1.49. The molecule has 0 bridgehead atoms. The molecule has 1 unspecified atom stereocenters. The predicted octanol–water partition coefficient (Wildman–Crippen LogP) is 0.415. The smallest absolute Gasteiger partial charge is 0.328 e. The molecular formula is C8H11F2NO3. The average Bonchev–Trinajstić information content (AvgIpc) is 2.40. The van der Waals surface area contributed by atoms with E-state index in [1.807, 2.05) is 0 Å². The number of alkyl halides is 2. The Morgan fingerprint density at radius 3 is 2.50 bits per heavy atom. The molecule has 1 amide bonds. The second-order valence-electron chi connectivity index (χ2n) is 3.25. The number of halogens is 2. The number of carbonyl (C=O) groups excluding carboxylic acids is 2. The summed E-state index contributed by atoms with van der Waals surface area (Å²) < 4.78 is 30.1. The minimum Gasteiger partial charge on any atom is -0.467 e. The van der Waals surface area contributed by atoms with Gasteiger partial charge in [0.05, 0.1) is 13.7 Å². The Kier molecular flexibility index (Phi) is 2.73. The topological polar surface area (TPSA) is 46.6 Å². The van der Waals surface area contributed by atoms with Crippen molar-refractivity contribution in [2.75, 3.05) is 13.7 Å². The zero-order valence-electron chi connectivity index (χ0n) is 7.92. The second-order valence-corrected chi connectivity index (χ2v) is 3.25. The van der Waals surface area contributed by atoms with E-state index in [-0.39, 0.29) is 0 Å². The van der Waals surface area contributed by atoms with Gasteiger partial charge in [-0.3, -0.25) is 4.79 Å². The third-order valence-electron chi connectivity index (χ3n) is 2.15. The first-order chi connectivity index (χ1) is 6.37. The molecule has 14 heavy (non-hydrogen) atoms. The third kappa shape index (κ3) is 2.00. The SMILES string of the molecule is COC(=O)C1CC(F)(F)CN1C(C)=O. The molecule has 0 spiro atoms. The molecule has 0 aromatic heterocycles. The van der Waals surface area contributed by atoms with Crippen LogP contribution in [0.2, 0.25) is 0 Å². The van der Waals surface area contributed by atoms with E-state index in [2.05, 4.69) is 4.74 Å². The molecule has 6 heteroatoms. The summed E-state index contributed by atoms with van der Waals surface area (Å²) in [5, 5.41) is 0. The number of likely N-dealkylation sites (tertiary alicyclic amines) is 1. The molecule has 0 aromatic carbocycles. The first kappa shape index (κ1) is 10.9. The number of rotatable bonds is 1. The lowest BCUT2D eigenvalue weighted by Crippen LogP contribution is -2.40. The first-order valence-electron chi connectivity index (χ1n) is 4.10. The lowest BCUT2D eigenvalue weighted by atomic mass is 10.2. The molecule has 1 aliphatic rings. The van der Waals surface area contributed by atoms with Crippen molar-refractivity contribution >= 4 is 11.9 Å². The highest BCUT2D eigenvalue weighted by Crippen LogP contribution is 2.32. The Hall–Kier alpha value is -1.20. The number of methoxy groups -OCH3 is 1. The van der Waals surface area contributed by atoms with Crippen molar-refractivity contribution in [1.29, 1.82) is 0 Å². The van der Waals surface area contributed by atoms with E-state index in [1.165, 1.54) is 0 Å². The standard InChI is InChI=1S/C8H11F2NO3/c1-5(12)11-4-8(9,10)3-6(11)7(13)14-2/h6H,3-4H2,1-2H3. The van der Waals surface area contributed by atoms with E-state index in [1.54, 1.807) is 0 Å². The number of hydrogen-bond donors (Lipinski definition) is 0. The number of hydrogen-bond acceptors (Lipinski definition) is 3. The largest absolute Gasteiger partial charge is 0.467 e. The van der Waals surface area contributed by atoms with Crippen molar-refractivity contribution in [2.45, 2.75) is 25.3 Å². The Labute approximate surface area is 79.8 Å². The van der Waals surface area contributed by atoms with Gasteiger partial charge in [-0.15, -0.1) is 0 Å². The highest BCUT2D eigenvalue weighted by Gasteiger charge is 2.49. The predicted molar refractivity (Wildman–Crippen MR) is 42.8 cm³/mol. The molecule has 1 heterocycles. The fourth-order valence-electron chi connectivity index (χ4n) is 1.49. The van der Waals surface area contributed by atoms with E-state index < -0.39 is 36.8 Å². The van der Waals surface area contributed by atoms with Crippen LogP contribution in [-0.2, 0) is 14.3 Å². The molecule has 0 N–H and O–H groups in total. The van der Waals surface area contributed by atoms with Crippen LogP contribution in [0.5, 0.6) is 0 Å². The molecule has 1 rings (SSSR count). The van der Waals surface area contributed by atoms with Gasteiger partial charge in [-0.25, -0.2) is 13.6 Å². The van der Waals surface area contributed by atoms with E-state index in [0.717, 1.165) is 18.9 Å². The summed E-state index contributed by atoms with van der Waals surface area (Å²) >= 11 is 0. The molecule has 80 valence electrons. The minimum atomic E-state index is -3.00. The third-order valence-corrected chi connectivity index (χ3v) is 2.15. The van der Waals surface area contributed by atoms with E-state index in [4.69, 9.17) is 0 Å². The Morgan fingerprint density at radius 1 is 1.50 bits per heavy atom. The van der Waals surface area contributed by atoms with Crippen LogP contribution in [0.4, 0.5) is 8.78 Å². The second kappa shape index (κ2) is 3.51. The summed E-state index contributed by atoms with van der Waals surface area (Å²) in [7, 11) is 1.11. The van der Waals surface area contributed by atoms with Crippen molar-refractivity contribution in [3.8, 4) is 0 Å². The van der Waals surface area contributed by atoms with Crippen LogP contribution in [0.15, 0.2) is 0 Å².